The maximum absolute atomic E-state index is 6.13. The summed E-state index contributed by atoms with van der Waals surface area (Å²) in [5.41, 5.74) is 5.96. The van der Waals surface area contributed by atoms with Crippen LogP contribution < -0.4 is 11.3 Å². The number of thioether (sulfide) groups is 1. The molecule has 100 valence electrons. The quantitative estimate of drug-likeness (QED) is 0.509. The van der Waals surface area contributed by atoms with Gasteiger partial charge in [-0.15, -0.1) is 11.8 Å². The molecule has 0 atom stereocenters. The third kappa shape index (κ3) is 3.62. The van der Waals surface area contributed by atoms with Crippen LogP contribution in [0.25, 0.3) is 0 Å². The van der Waals surface area contributed by atoms with Gasteiger partial charge in [-0.1, -0.05) is 17.7 Å². The summed E-state index contributed by atoms with van der Waals surface area (Å²) in [4.78, 5) is 5.57. The average Bonchev–Trinajstić information content (AvgIpc) is 2.41. The Morgan fingerprint density at radius 2 is 2.00 bits per heavy atom. The topological polar surface area (TPSA) is 50.9 Å². The maximum atomic E-state index is 6.13. The summed E-state index contributed by atoms with van der Waals surface area (Å²) in [5.74, 6) is 6.69. The van der Waals surface area contributed by atoms with Crippen molar-refractivity contribution in [2.45, 2.75) is 24.5 Å². The third-order valence-electron chi connectivity index (χ3n) is 2.92. The lowest BCUT2D eigenvalue weighted by Crippen LogP contribution is -2.09. The minimum absolute atomic E-state index is 0.625. The fourth-order valence-corrected chi connectivity index (χ4v) is 2.82. The van der Waals surface area contributed by atoms with Crippen molar-refractivity contribution in [3.63, 3.8) is 0 Å². The van der Waals surface area contributed by atoms with Crippen molar-refractivity contribution in [3.05, 3.63) is 52.2 Å². The van der Waals surface area contributed by atoms with Crippen LogP contribution in [-0.4, -0.2) is 4.98 Å². The number of hydrogen-bond donors (Lipinski definition) is 2. The Balaban J connectivity index is 2.11. The molecule has 0 fully saturated rings. The van der Waals surface area contributed by atoms with E-state index in [-0.39, 0.29) is 0 Å². The predicted octanol–water partition coefficient (Wildman–Crippen LogP) is 3.93. The molecule has 0 saturated carbocycles. The third-order valence-corrected chi connectivity index (χ3v) is 4.27. The highest BCUT2D eigenvalue weighted by atomic mass is 35.5. The van der Waals surface area contributed by atoms with E-state index >= 15 is 0 Å². The molecule has 0 aliphatic heterocycles. The molecule has 0 radical (unpaired) electrons. The number of nitrogens with zero attached hydrogens (tertiary/aromatic N) is 1. The fraction of sp³-hybridized carbons (Fsp3) is 0.214. The first-order chi connectivity index (χ1) is 9.10. The number of pyridine rings is 1. The number of hydrazine groups is 1. The van der Waals surface area contributed by atoms with E-state index < -0.39 is 0 Å². The highest BCUT2D eigenvalue weighted by Gasteiger charge is 2.05. The molecule has 0 aliphatic rings. The zero-order valence-electron chi connectivity index (χ0n) is 10.9. The van der Waals surface area contributed by atoms with E-state index in [1.807, 2.05) is 0 Å². The predicted molar refractivity (Wildman–Crippen MR) is 82.5 cm³/mol. The average molecular weight is 294 g/mol. The molecule has 1 heterocycles. The summed E-state index contributed by atoms with van der Waals surface area (Å²) in [6, 6.07) is 9.99. The van der Waals surface area contributed by atoms with Crippen LogP contribution in [0, 0.1) is 13.8 Å². The molecule has 2 rings (SSSR count). The summed E-state index contributed by atoms with van der Waals surface area (Å²) in [6.45, 7) is 4.22. The summed E-state index contributed by atoms with van der Waals surface area (Å²) in [5, 5.41) is 0.662. The number of benzene rings is 1. The molecule has 3 N–H and O–H groups in total. The highest BCUT2D eigenvalue weighted by molar-refractivity contribution is 7.98. The van der Waals surface area contributed by atoms with Crippen LogP contribution in [-0.2, 0) is 5.75 Å². The maximum Gasteiger partial charge on any atom is 0.140 e. The standard InChI is InChI=1S/C14H16ClN3S/c1-9-3-4-11(7-10(9)2)19-8-13-12(15)5-6-14(17-13)18-16/h3-7H,8,16H2,1-2H3,(H,17,18). The molecule has 3 nitrogen and oxygen atoms in total. The van der Waals surface area contributed by atoms with Gasteiger partial charge in [0.15, 0.2) is 0 Å². The molecule has 19 heavy (non-hydrogen) atoms. The fourth-order valence-electron chi connectivity index (χ4n) is 1.62. The number of nitrogen functional groups attached to an aromatic ring is 1. The van der Waals surface area contributed by atoms with Crippen molar-refractivity contribution in [2.75, 3.05) is 5.43 Å². The Morgan fingerprint density at radius 3 is 2.68 bits per heavy atom. The summed E-state index contributed by atoms with van der Waals surface area (Å²) >= 11 is 7.85. The molecular weight excluding hydrogens is 278 g/mol. The number of nitrogens with two attached hydrogens (primary N) is 1. The summed E-state index contributed by atoms with van der Waals surface area (Å²) < 4.78 is 0. The smallest absolute Gasteiger partial charge is 0.140 e. The number of anilines is 1. The Hall–Kier alpha value is -1.23. The zero-order valence-corrected chi connectivity index (χ0v) is 12.5. The van der Waals surface area contributed by atoms with Gasteiger partial charge < -0.3 is 5.43 Å². The number of nitrogens with one attached hydrogen (secondary N) is 1. The van der Waals surface area contributed by atoms with Gasteiger partial charge >= 0.3 is 0 Å². The molecule has 0 spiro atoms. The first kappa shape index (κ1) is 14.2. The first-order valence-corrected chi connectivity index (χ1v) is 7.28. The number of aromatic nitrogens is 1. The van der Waals surface area contributed by atoms with E-state index in [4.69, 9.17) is 17.4 Å². The van der Waals surface area contributed by atoms with Crippen LogP contribution in [0.1, 0.15) is 16.8 Å². The second-order valence-electron chi connectivity index (χ2n) is 4.30. The SMILES string of the molecule is Cc1ccc(SCc2nc(NN)ccc2Cl)cc1C. The van der Waals surface area contributed by atoms with Crippen LogP contribution in [0.5, 0.6) is 0 Å². The molecule has 0 bridgehead atoms. The molecule has 0 unspecified atom stereocenters. The van der Waals surface area contributed by atoms with Crippen molar-refractivity contribution >= 4 is 29.2 Å². The van der Waals surface area contributed by atoms with Gasteiger partial charge in [0, 0.05) is 10.6 Å². The number of hydrogen-bond acceptors (Lipinski definition) is 4. The van der Waals surface area contributed by atoms with E-state index in [1.54, 1.807) is 23.9 Å². The molecule has 2 aromatic rings. The molecule has 1 aromatic heterocycles. The summed E-state index contributed by atoms with van der Waals surface area (Å²) in [6.07, 6.45) is 0. The molecular formula is C14H16ClN3S. The van der Waals surface area contributed by atoms with Crippen molar-refractivity contribution in [2.24, 2.45) is 5.84 Å². The Kier molecular flexibility index (Phi) is 4.69. The van der Waals surface area contributed by atoms with Gasteiger partial charge in [0.1, 0.15) is 5.82 Å². The van der Waals surface area contributed by atoms with Crippen LogP contribution in [0.4, 0.5) is 5.82 Å². The number of rotatable bonds is 4. The van der Waals surface area contributed by atoms with Gasteiger partial charge in [-0.25, -0.2) is 10.8 Å². The molecule has 5 heteroatoms. The molecule has 1 aromatic carbocycles. The highest BCUT2D eigenvalue weighted by Crippen LogP contribution is 2.27. The van der Waals surface area contributed by atoms with Crippen LogP contribution in [0.15, 0.2) is 35.2 Å². The molecule has 0 amide bonds. The van der Waals surface area contributed by atoms with Gasteiger partial charge in [0.05, 0.1) is 10.7 Å². The van der Waals surface area contributed by atoms with E-state index in [9.17, 15) is 0 Å². The van der Waals surface area contributed by atoms with E-state index in [1.165, 1.54) is 16.0 Å². The largest absolute Gasteiger partial charge is 0.308 e. The van der Waals surface area contributed by atoms with Crippen LogP contribution >= 0.6 is 23.4 Å². The molecule has 0 saturated heterocycles. The Labute approximate surface area is 122 Å². The van der Waals surface area contributed by atoms with Crippen molar-refractivity contribution in [1.29, 1.82) is 0 Å². The van der Waals surface area contributed by atoms with E-state index in [0.29, 0.717) is 10.8 Å². The first-order valence-electron chi connectivity index (χ1n) is 5.92. The van der Waals surface area contributed by atoms with Crippen LogP contribution in [0.3, 0.4) is 0 Å². The monoisotopic (exact) mass is 293 g/mol. The van der Waals surface area contributed by atoms with Gasteiger partial charge in [-0.05, 0) is 49.2 Å². The normalized spacial score (nSPS) is 10.5. The van der Waals surface area contributed by atoms with Crippen molar-refractivity contribution < 1.29 is 0 Å². The second kappa shape index (κ2) is 6.28. The minimum atomic E-state index is 0.625. The van der Waals surface area contributed by atoms with E-state index in [0.717, 1.165) is 11.4 Å². The van der Waals surface area contributed by atoms with Crippen molar-refractivity contribution in [1.82, 2.24) is 4.98 Å². The minimum Gasteiger partial charge on any atom is -0.308 e. The lowest BCUT2D eigenvalue weighted by molar-refractivity contribution is 1.14. The summed E-state index contributed by atoms with van der Waals surface area (Å²) in [7, 11) is 0. The molecule has 0 aliphatic carbocycles. The van der Waals surface area contributed by atoms with Crippen molar-refractivity contribution in [3.8, 4) is 0 Å². The Morgan fingerprint density at radius 1 is 1.21 bits per heavy atom. The van der Waals surface area contributed by atoms with Crippen LogP contribution in [0.2, 0.25) is 5.02 Å². The van der Waals surface area contributed by atoms with Gasteiger partial charge in [0.25, 0.3) is 0 Å². The van der Waals surface area contributed by atoms with Gasteiger partial charge in [-0.3, -0.25) is 0 Å². The van der Waals surface area contributed by atoms with Gasteiger partial charge in [0.2, 0.25) is 0 Å². The van der Waals surface area contributed by atoms with Gasteiger partial charge in [-0.2, -0.15) is 0 Å². The second-order valence-corrected chi connectivity index (χ2v) is 5.76. The lowest BCUT2D eigenvalue weighted by Gasteiger charge is -2.07. The Bertz CT molecular complexity index is 587. The lowest BCUT2D eigenvalue weighted by atomic mass is 10.1. The number of halogens is 1. The van der Waals surface area contributed by atoms with E-state index in [2.05, 4.69) is 42.5 Å². The number of aryl methyl sites for hydroxylation is 2. The zero-order chi connectivity index (χ0) is 13.8.